The summed E-state index contributed by atoms with van der Waals surface area (Å²) in [5, 5.41) is 6.28. The topological polar surface area (TPSA) is 50.4 Å². The zero-order chi connectivity index (χ0) is 13.9. The maximum absolute atomic E-state index is 12.5. The lowest BCUT2D eigenvalue weighted by molar-refractivity contribution is -0.127. The molecule has 1 amide bonds. The van der Waals surface area contributed by atoms with Crippen molar-refractivity contribution >= 4 is 11.6 Å². The van der Waals surface area contributed by atoms with Gasteiger partial charge in [0.05, 0.1) is 12.0 Å². The molecule has 1 aliphatic rings. The minimum Gasteiger partial charge on any atom is -0.384 e. The lowest BCUT2D eigenvalue weighted by atomic mass is 9.87. The highest BCUT2D eigenvalue weighted by Crippen LogP contribution is 2.28. The van der Waals surface area contributed by atoms with Crippen LogP contribution >= 0.6 is 0 Å². The first-order chi connectivity index (χ1) is 9.05. The molecule has 2 rings (SSSR count). The second-order valence-corrected chi connectivity index (χ2v) is 5.47. The Morgan fingerprint density at radius 3 is 2.58 bits per heavy atom. The average molecular weight is 262 g/mol. The summed E-state index contributed by atoms with van der Waals surface area (Å²) in [4.78, 5) is 12.5. The molecule has 1 aromatic rings. The first kappa shape index (κ1) is 14.0. The van der Waals surface area contributed by atoms with E-state index in [1.54, 1.807) is 7.11 Å². The number of methoxy groups -OCH3 is 1. The standard InChI is InChI=1S/C15H22N2O2/c1-11-6-12(2)8-13(7-11)17-14(18)15(10-19-3)4-5-16-9-15/h6-8,16H,4-5,9-10H2,1-3H3,(H,17,18). The van der Waals surface area contributed by atoms with E-state index in [2.05, 4.69) is 16.7 Å². The normalized spacial score (nSPS) is 22.5. The fraction of sp³-hybridized carbons (Fsp3) is 0.533. The van der Waals surface area contributed by atoms with E-state index in [0.717, 1.165) is 29.8 Å². The molecule has 0 radical (unpaired) electrons. The second-order valence-electron chi connectivity index (χ2n) is 5.47. The maximum atomic E-state index is 12.5. The number of hydrogen-bond acceptors (Lipinski definition) is 3. The molecule has 104 valence electrons. The van der Waals surface area contributed by atoms with Crippen molar-refractivity contribution in [2.75, 3.05) is 32.1 Å². The smallest absolute Gasteiger partial charge is 0.234 e. The van der Waals surface area contributed by atoms with Gasteiger partial charge in [0.2, 0.25) is 5.91 Å². The Bertz CT molecular complexity index is 445. The van der Waals surface area contributed by atoms with Crippen LogP contribution in [0.5, 0.6) is 0 Å². The SMILES string of the molecule is COCC1(C(=O)Nc2cc(C)cc(C)c2)CCNC1. The molecule has 1 aliphatic heterocycles. The fourth-order valence-electron chi connectivity index (χ4n) is 2.71. The van der Waals surface area contributed by atoms with Crippen molar-refractivity contribution in [3.05, 3.63) is 29.3 Å². The molecule has 1 unspecified atom stereocenters. The predicted molar refractivity (Wildman–Crippen MR) is 76.3 cm³/mol. The number of nitrogens with one attached hydrogen (secondary N) is 2. The van der Waals surface area contributed by atoms with Gasteiger partial charge in [-0.1, -0.05) is 6.07 Å². The van der Waals surface area contributed by atoms with Gasteiger partial charge in [-0.05, 0) is 50.1 Å². The molecule has 4 heteroatoms. The van der Waals surface area contributed by atoms with Crippen molar-refractivity contribution in [3.63, 3.8) is 0 Å². The molecular formula is C15H22N2O2. The second kappa shape index (κ2) is 5.72. The van der Waals surface area contributed by atoms with E-state index in [1.807, 2.05) is 26.0 Å². The number of hydrogen-bond donors (Lipinski definition) is 2. The van der Waals surface area contributed by atoms with Crippen LogP contribution in [0.3, 0.4) is 0 Å². The van der Waals surface area contributed by atoms with Crippen LogP contribution in [0.1, 0.15) is 17.5 Å². The van der Waals surface area contributed by atoms with Crippen LogP contribution in [0.4, 0.5) is 5.69 Å². The van der Waals surface area contributed by atoms with Crippen LogP contribution in [0.2, 0.25) is 0 Å². The minimum absolute atomic E-state index is 0.0457. The van der Waals surface area contributed by atoms with Gasteiger partial charge in [0, 0.05) is 19.3 Å². The third kappa shape index (κ3) is 3.14. The summed E-state index contributed by atoms with van der Waals surface area (Å²) in [6.45, 7) is 6.06. The Labute approximate surface area is 114 Å². The molecule has 1 heterocycles. The number of carbonyl (C=O) groups is 1. The molecule has 1 atom stereocenters. The average Bonchev–Trinajstić information content (AvgIpc) is 2.78. The van der Waals surface area contributed by atoms with Crippen molar-refractivity contribution in [2.24, 2.45) is 5.41 Å². The summed E-state index contributed by atoms with van der Waals surface area (Å²) in [6.07, 6.45) is 0.817. The minimum atomic E-state index is -0.438. The number of aryl methyl sites for hydroxylation is 2. The Hall–Kier alpha value is -1.39. The van der Waals surface area contributed by atoms with Crippen molar-refractivity contribution in [3.8, 4) is 0 Å². The summed E-state index contributed by atoms with van der Waals surface area (Å²) in [6, 6.07) is 6.08. The summed E-state index contributed by atoms with van der Waals surface area (Å²) in [5.74, 6) is 0.0457. The van der Waals surface area contributed by atoms with Crippen molar-refractivity contribution < 1.29 is 9.53 Å². The summed E-state index contributed by atoms with van der Waals surface area (Å²) in [5.41, 5.74) is 2.73. The lowest BCUT2D eigenvalue weighted by Gasteiger charge is -2.26. The van der Waals surface area contributed by atoms with Crippen molar-refractivity contribution in [1.82, 2.24) is 5.32 Å². The largest absolute Gasteiger partial charge is 0.384 e. The highest BCUT2D eigenvalue weighted by molar-refractivity contribution is 5.96. The van der Waals surface area contributed by atoms with Gasteiger partial charge in [-0.3, -0.25) is 4.79 Å². The molecule has 0 bridgehead atoms. The maximum Gasteiger partial charge on any atom is 0.234 e. The zero-order valence-corrected chi connectivity index (χ0v) is 11.9. The quantitative estimate of drug-likeness (QED) is 0.871. The van der Waals surface area contributed by atoms with Gasteiger partial charge in [-0.25, -0.2) is 0 Å². The summed E-state index contributed by atoms with van der Waals surface area (Å²) >= 11 is 0. The summed E-state index contributed by atoms with van der Waals surface area (Å²) < 4.78 is 5.23. The van der Waals surface area contributed by atoms with Gasteiger partial charge >= 0.3 is 0 Å². The summed E-state index contributed by atoms with van der Waals surface area (Å²) in [7, 11) is 1.64. The Kier molecular flexibility index (Phi) is 4.22. The van der Waals surface area contributed by atoms with Gasteiger partial charge in [0.25, 0.3) is 0 Å². The van der Waals surface area contributed by atoms with Crippen LogP contribution < -0.4 is 10.6 Å². The van der Waals surface area contributed by atoms with E-state index in [4.69, 9.17) is 4.74 Å². The monoisotopic (exact) mass is 262 g/mol. The molecule has 4 nitrogen and oxygen atoms in total. The molecular weight excluding hydrogens is 240 g/mol. The van der Waals surface area contributed by atoms with Crippen molar-refractivity contribution in [1.29, 1.82) is 0 Å². The van der Waals surface area contributed by atoms with Crippen LogP contribution in [0.25, 0.3) is 0 Å². The number of rotatable bonds is 4. The van der Waals surface area contributed by atoms with E-state index >= 15 is 0 Å². The highest BCUT2D eigenvalue weighted by atomic mass is 16.5. The van der Waals surface area contributed by atoms with Gasteiger partial charge in [-0.2, -0.15) is 0 Å². The highest BCUT2D eigenvalue weighted by Gasteiger charge is 2.41. The third-order valence-corrected chi connectivity index (χ3v) is 3.63. The number of benzene rings is 1. The van der Waals surface area contributed by atoms with Crippen LogP contribution in [-0.2, 0) is 9.53 Å². The number of anilines is 1. The van der Waals surface area contributed by atoms with Crippen LogP contribution in [0, 0.1) is 19.3 Å². The van der Waals surface area contributed by atoms with Gasteiger partial charge in [-0.15, -0.1) is 0 Å². The molecule has 0 aromatic heterocycles. The molecule has 0 aliphatic carbocycles. The van der Waals surface area contributed by atoms with Crippen LogP contribution in [0.15, 0.2) is 18.2 Å². The Balaban J connectivity index is 2.14. The van der Waals surface area contributed by atoms with Gasteiger partial charge in [0.1, 0.15) is 0 Å². The molecule has 1 saturated heterocycles. The molecule has 0 saturated carbocycles. The molecule has 0 spiro atoms. The van der Waals surface area contributed by atoms with E-state index in [9.17, 15) is 4.79 Å². The predicted octanol–water partition coefficient (Wildman–Crippen LogP) is 1.87. The van der Waals surface area contributed by atoms with Crippen LogP contribution in [-0.4, -0.2) is 32.7 Å². The van der Waals surface area contributed by atoms with Gasteiger partial charge in [0.15, 0.2) is 0 Å². The number of ether oxygens (including phenoxy) is 1. The molecule has 1 aromatic carbocycles. The first-order valence-electron chi connectivity index (χ1n) is 6.65. The third-order valence-electron chi connectivity index (χ3n) is 3.63. The van der Waals surface area contributed by atoms with E-state index in [-0.39, 0.29) is 5.91 Å². The Morgan fingerprint density at radius 1 is 1.37 bits per heavy atom. The Morgan fingerprint density at radius 2 is 2.05 bits per heavy atom. The molecule has 1 fully saturated rings. The van der Waals surface area contributed by atoms with E-state index in [1.165, 1.54) is 0 Å². The lowest BCUT2D eigenvalue weighted by Crippen LogP contribution is -2.41. The van der Waals surface area contributed by atoms with E-state index in [0.29, 0.717) is 13.2 Å². The number of carbonyl (C=O) groups excluding carboxylic acids is 1. The van der Waals surface area contributed by atoms with Gasteiger partial charge < -0.3 is 15.4 Å². The zero-order valence-electron chi connectivity index (χ0n) is 11.9. The molecule has 19 heavy (non-hydrogen) atoms. The van der Waals surface area contributed by atoms with E-state index < -0.39 is 5.41 Å². The fourth-order valence-corrected chi connectivity index (χ4v) is 2.71. The van der Waals surface area contributed by atoms with Crippen molar-refractivity contribution in [2.45, 2.75) is 20.3 Å². The first-order valence-corrected chi connectivity index (χ1v) is 6.65. The molecule has 2 N–H and O–H groups in total. The number of amides is 1.